The van der Waals surface area contributed by atoms with E-state index in [0.29, 0.717) is 0 Å². The third kappa shape index (κ3) is 1.98. The molecule has 0 aliphatic rings. The fourth-order valence-corrected chi connectivity index (χ4v) is 0.587. The molecule has 92 valence electrons. The first kappa shape index (κ1) is 14.3. The average molecular weight is 252 g/mol. The third-order valence-corrected chi connectivity index (χ3v) is 1.47. The quantitative estimate of drug-likeness (QED) is 0.675. The van der Waals surface area contributed by atoms with E-state index in [4.69, 9.17) is 0 Å². The highest BCUT2D eigenvalue weighted by Crippen LogP contribution is 2.50. The molecule has 0 heterocycles. The van der Waals surface area contributed by atoms with E-state index < -0.39 is 30.6 Å². The fraction of sp³-hybridized carbons (Fsp3) is 1.00. The minimum Gasteiger partial charge on any atom is -0.224 e. The minimum atomic E-state index is -6.83. The molecular formula is C5H2F10. The summed E-state index contributed by atoms with van der Waals surface area (Å²) in [6.45, 7) is 0. The monoisotopic (exact) mass is 252 g/mol. The van der Waals surface area contributed by atoms with Gasteiger partial charge in [-0.1, -0.05) is 0 Å². The molecule has 0 radical (unpaired) electrons. The summed E-state index contributed by atoms with van der Waals surface area (Å²) in [5.74, 6) is -6.83. The van der Waals surface area contributed by atoms with Gasteiger partial charge in [-0.3, -0.25) is 0 Å². The largest absolute Gasteiger partial charge is 0.457 e. The van der Waals surface area contributed by atoms with Crippen LogP contribution in [0.3, 0.4) is 0 Å². The number of hydrogen-bond donors (Lipinski definition) is 0. The highest BCUT2D eigenvalue weighted by Gasteiger charge is 2.79. The maximum Gasteiger partial charge on any atom is 0.457 e. The molecule has 0 saturated carbocycles. The lowest BCUT2D eigenvalue weighted by atomic mass is 9.98. The van der Waals surface area contributed by atoms with Crippen molar-refractivity contribution in [1.82, 2.24) is 0 Å². The maximum atomic E-state index is 12.3. The Balaban J connectivity index is 5.46. The summed E-state index contributed by atoms with van der Waals surface area (Å²) >= 11 is 0. The van der Waals surface area contributed by atoms with Gasteiger partial charge in [-0.2, -0.15) is 22.0 Å². The molecule has 0 N–H and O–H groups in total. The molecule has 0 aromatic heterocycles. The molecular weight excluding hydrogens is 250 g/mol. The molecule has 0 aromatic carbocycles. The molecule has 0 spiro atoms. The van der Waals surface area contributed by atoms with Crippen LogP contribution in [-0.4, -0.2) is 30.6 Å². The minimum absolute atomic E-state index is 5.17. The molecule has 10 heteroatoms. The summed E-state index contributed by atoms with van der Waals surface area (Å²) in [5.41, 5.74) is -6.24. The second kappa shape index (κ2) is 3.71. The molecule has 0 fully saturated rings. The summed E-state index contributed by atoms with van der Waals surface area (Å²) in [4.78, 5) is 0. The lowest BCUT2D eigenvalue weighted by Gasteiger charge is -2.32. The van der Waals surface area contributed by atoms with Crippen LogP contribution >= 0.6 is 0 Å². The van der Waals surface area contributed by atoms with Crippen molar-refractivity contribution >= 4 is 0 Å². The van der Waals surface area contributed by atoms with E-state index in [1.807, 2.05) is 0 Å². The van der Waals surface area contributed by atoms with Crippen LogP contribution < -0.4 is 0 Å². The normalized spacial score (nSPS) is 15.2. The molecule has 0 amide bonds. The van der Waals surface area contributed by atoms with Crippen LogP contribution in [0.4, 0.5) is 43.9 Å². The van der Waals surface area contributed by atoms with Crippen molar-refractivity contribution in [3.05, 3.63) is 0 Å². The predicted octanol–water partition coefficient (Wildman–Crippen LogP) is 3.42. The Kier molecular flexibility index (Phi) is 3.53. The molecule has 0 atom stereocenters. The molecule has 0 unspecified atom stereocenters. The van der Waals surface area contributed by atoms with Gasteiger partial charge in [0.1, 0.15) is 0 Å². The van der Waals surface area contributed by atoms with Gasteiger partial charge in [0.25, 0.3) is 12.9 Å². The van der Waals surface area contributed by atoms with Gasteiger partial charge in [0.15, 0.2) is 0 Å². The second-order valence-electron chi connectivity index (χ2n) is 2.44. The van der Waals surface area contributed by atoms with Crippen LogP contribution in [-0.2, 0) is 0 Å². The Morgan fingerprint density at radius 2 is 0.867 bits per heavy atom. The van der Waals surface area contributed by atoms with E-state index in [9.17, 15) is 43.9 Å². The van der Waals surface area contributed by atoms with E-state index >= 15 is 0 Å². The van der Waals surface area contributed by atoms with Crippen LogP contribution in [0.5, 0.6) is 0 Å². The third-order valence-electron chi connectivity index (χ3n) is 1.47. The topological polar surface area (TPSA) is 0 Å². The van der Waals surface area contributed by atoms with Crippen LogP contribution in [0.1, 0.15) is 0 Å². The van der Waals surface area contributed by atoms with Crippen LogP contribution in [0.15, 0.2) is 0 Å². The average Bonchev–Trinajstić information content (AvgIpc) is 1.99. The Hall–Kier alpha value is -0.700. The fourth-order valence-electron chi connectivity index (χ4n) is 0.587. The van der Waals surface area contributed by atoms with Gasteiger partial charge in [-0.25, -0.2) is 22.0 Å². The Bertz CT molecular complexity index is 206. The first-order chi connectivity index (χ1) is 6.39. The van der Waals surface area contributed by atoms with Gasteiger partial charge >= 0.3 is 17.8 Å². The van der Waals surface area contributed by atoms with Crippen molar-refractivity contribution in [2.45, 2.75) is 30.6 Å². The van der Waals surface area contributed by atoms with Gasteiger partial charge in [0.2, 0.25) is 0 Å². The molecule has 0 saturated heterocycles. The molecule has 0 rings (SSSR count). The zero-order chi connectivity index (χ0) is 12.7. The first-order valence-corrected chi connectivity index (χ1v) is 3.08. The van der Waals surface area contributed by atoms with Crippen molar-refractivity contribution in [2.75, 3.05) is 0 Å². The Morgan fingerprint density at radius 1 is 0.600 bits per heavy atom. The van der Waals surface area contributed by atoms with Gasteiger partial charge in [-0.05, 0) is 0 Å². The van der Waals surface area contributed by atoms with Crippen molar-refractivity contribution in [3.8, 4) is 0 Å². The highest BCUT2D eigenvalue weighted by molar-refractivity contribution is 5.02. The Morgan fingerprint density at radius 3 is 0.933 bits per heavy atom. The standard InChI is InChI=1S/C5H2F10/c6-1(7)3(10,2(8)9)4(11,12)5(13,14)15/h1-2H. The number of hydrogen-bond acceptors (Lipinski definition) is 0. The second-order valence-corrected chi connectivity index (χ2v) is 2.44. The Labute approximate surface area is 75.9 Å². The molecule has 0 aliphatic carbocycles. The lowest BCUT2D eigenvalue weighted by Crippen LogP contribution is -2.62. The number of halogens is 10. The summed E-state index contributed by atoms with van der Waals surface area (Å²) in [6, 6.07) is 0. The van der Waals surface area contributed by atoms with E-state index in [0.717, 1.165) is 0 Å². The SMILES string of the molecule is FC(F)C(F)(C(F)F)C(F)(F)C(F)(F)F. The van der Waals surface area contributed by atoms with Gasteiger partial charge in [0.05, 0.1) is 0 Å². The first-order valence-electron chi connectivity index (χ1n) is 3.08. The van der Waals surface area contributed by atoms with Gasteiger partial charge in [-0.15, -0.1) is 0 Å². The summed E-state index contributed by atoms with van der Waals surface area (Å²) in [7, 11) is 0. The van der Waals surface area contributed by atoms with Crippen LogP contribution in [0, 0.1) is 0 Å². The molecule has 0 nitrogen and oxygen atoms in total. The lowest BCUT2D eigenvalue weighted by molar-refractivity contribution is -0.363. The zero-order valence-corrected chi connectivity index (χ0v) is 6.43. The highest BCUT2D eigenvalue weighted by atomic mass is 19.4. The molecule has 15 heavy (non-hydrogen) atoms. The maximum absolute atomic E-state index is 12.3. The van der Waals surface area contributed by atoms with E-state index in [2.05, 4.69) is 0 Å². The van der Waals surface area contributed by atoms with E-state index in [1.54, 1.807) is 0 Å². The van der Waals surface area contributed by atoms with Gasteiger partial charge < -0.3 is 0 Å². The van der Waals surface area contributed by atoms with Crippen molar-refractivity contribution in [1.29, 1.82) is 0 Å². The smallest absolute Gasteiger partial charge is 0.224 e. The van der Waals surface area contributed by atoms with Crippen LogP contribution in [0.2, 0.25) is 0 Å². The van der Waals surface area contributed by atoms with E-state index in [1.165, 1.54) is 0 Å². The number of alkyl halides is 10. The summed E-state index contributed by atoms with van der Waals surface area (Å²) in [6.07, 6.45) is -17.2. The number of rotatable bonds is 3. The van der Waals surface area contributed by atoms with Crippen LogP contribution in [0.25, 0.3) is 0 Å². The van der Waals surface area contributed by atoms with Crippen molar-refractivity contribution in [3.63, 3.8) is 0 Å². The summed E-state index contributed by atoms with van der Waals surface area (Å²) in [5, 5.41) is 0. The molecule has 0 aliphatic heterocycles. The zero-order valence-electron chi connectivity index (χ0n) is 6.43. The summed E-state index contributed by atoms with van der Waals surface area (Å²) < 4.78 is 117. The van der Waals surface area contributed by atoms with Crippen molar-refractivity contribution in [2.24, 2.45) is 0 Å². The predicted molar refractivity (Wildman–Crippen MR) is 26.8 cm³/mol. The van der Waals surface area contributed by atoms with Crippen molar-refractivity contribution < 1.29 is 43.9 Å². The molecule has 0 aromatic rings. The van der Waals surface area contributed by atoms with Gasteiger partial charge in [0, 0.05) is 0 Å². The van der Waals surface area contributed by atoms with E-state index in [-0.39, 0.29) is 0 Å². The molecule has 0 bridgehead atoms.